The van der Waals surface area contributed by atoms with Gasteiger partial charge in [0.1, 0.15) is 0 Å². The molecule has 25 heavy (non-hydrogen) atoms. The third-order valence-electron chi connectivity index (χ3n) is 4.88. The average molecular weight is 349 g/mol. The number of nitrogens with one attached hydrogen (secondary N) is 1. The summed E-state index contributed by atoms with van der Waals surface area (Å²) >= 11 is 0. The van der Waals surface area contributed by atoms with Crippen LogP contribution in [0.25, 0.3) is 0 Å². The molecule has 0 bridgehead atoms. The van der Waals surface area contributed by atoms with E-state index in [0.29, 0.717) is 25.9 Å². The number of carbonyl (C=O) groups excluding carboxylic acids is 2. The van der Waals surface area contributed by atoms with E-state index in [0.717, 1.165) is 38.2 Å². The number of unbranched alkanes of at least 4 members (excludes halogenated alkanes) is 1. The average Bonchev–Trinajstić information content (AvgIpc) is 3.04. The molecule has 1 atom stereocenters. The second-order valence-electron chi connectivity index (χ2n) is 6.64. The molecule has 2 rings (SSSR count). The molecule has 2 heterocycles. The van der Waals surface area contributed by atoms with Crippen LogP contribution in [-0.2, 0) is 16.6 Å². The Bertz CT molecular complexity index is 568. The lowest BCUT2D eigenvalue weighted by Gasteiger charge is -2.31. The Kier molecular flexibility index (Phi) is 7.43. The van der Waals surface area contributed by atoms with E-state index in [4.69, 9.17) is 0 Å². The van der Waals surface area contributed by atoms with Crippen molar-refractivity contribution in [2.75, 3.05) is 37.6 Å². The number of rotatable bonds is 9. The van der Waals surface area contributed by atoms with Gasteiger partial charge in [-0.05, 0) is 38.9 Å². The zero-order chi connectivity index (χ0) is 18.2. The van der Waals surface area contributed by atoms with Crippen LogP contribution < -0.4 is 10.2 Å². The molecule has 1 aliphatic heterocycles. The normalized spacial score (nSPS) is 18.0. The lowest BCUT2D eigenvalue weighted by molar-refractivity contribution is -0.127. The molecule has 7 nitrogen and oxygen atoms in total. The van der Waals surface area contributed by atoms with Crippen molar-refractivity contribution < 1.29 is 9.59 Å². The summed E-state index contributed by atoms with van der Waals surface area (Å²) in [5.74, 6) is -0.0128. The van der Waals surface area contributed by atoms with E-state index in [-0.39, 0.29) is 17.7 Å². The minimum absolute atomic E-state index is 0.0595. The van der Waals surface area contributed by atoms with Crippen LogP contribution in [0.2, 0.25) is 0 Å². The SMILES string of the molecule is CCN(CC)CCCCNC(=O)C1CCC(=O)N(c2cnn(C)c2)C1. The van der Waals surface area contributed by atoms with Gasteiger partial charge in [-0.3, -0.25) is 14.3 Å². The Morgan fingerprint density at radius 3 is 2.76 bits per heavy atom. The maximum absolute atomic E-state index is 12.4. The van der Waals surface area contributed by atoms with Crippen molar-refractivity contribution >= 4 is 17.5 Å². The first-order valence-corrected chi connectivity index (χ1v) is 9.34. The van der Waals surface area contributed by atoms with Crippen LogP contribution in [0.1, 0.15) is 39.5 Å². The van der Waals surface area contributed by atoms with Gasteiger partial charge in [-0.15, -0.1) is 0 Å². The van der Waals surface area contributed by atoms with Gasteiger partial charge in [0.2, 0.25) is 11.8 Å². The Hall–Kier alpha value is -1.89. The summed E-state index contributed by atoms with van der Waals surface area (Å²) in [6, 6.07) is 0. The summed E-state index contributed by atoms with van der Waals surface area (Å²) in [6.45, 7) is 8.71. The van der Waals surface area contributed by atoms with E-state index in [1.54, 1.807) is 15.8 Å². The van der Waals surface area contributed by atoms with E-state index >= 15 is 0 Å². The fraction of sp³-hybridized carbons (Fsp3) is 0.722. The fourth-order valence-corrected chi connectivity index (χ4v) is 3.21. The summed E-state index contributed by atoms with van der Waals surface area (Å²) in [6.07, 6.45) is 6.60. The molecule has 1 aliphatic rings. The van der Waals surface area contributed by atoms with Crippen molar-refractivity contribution in [3.63, 3.8) is 0 Å². The van der Waals surface area contributed by atoms with E-state index in [9.17, 15) is 9.59 Å². The number of aromatic nitrogens is 2. The number of carbonyl (C=O) groups is 2. The first-order chi connectivity index (χ1) is 12.0. The third-order valence-corrected chi connectivity index (χ3v) is 4.88. The molecule has 0 saturated carbocycles. The molecule has 1 saturated heterocycles. The van der Waals surface area contributed by atoms with Gasteiger partial charge in [0.05, 0.1) is 17.8 Å². The molecule has 7 heteroatoms. The molecule has 1 fully saturated rings. The molecular weight excluding hydrogens is 318 g/mol. The molecule has 0 spiro atoms. The van der Waals surface area contributed by atoms with Crippen molar-refractivity contribution in [2.24, 2.45) is 13.0 Å². The highest BCUT2D eigenvalue weighted by Crippen LogP contribution is 2.23. The Balaban J connectivity index is 1.75. The van der Waals surface area contributed by atoms with Gasteiger partial charge in [0.15, 0.2) is 0 Å². The molecular formula is C18H31N5O2. The third kappa shape index (κ3) is 5.56. The van der Waals surface area contributed by atoms with E-state index < -0.39 is 0 Å². The van der Waals surface area contributed by atoms with Crippen molar-refractivity contribution in [1.29, 1.82) is 0 Å². The summed E-state index contributed by atoms with van der Waals surface area (Å²) < 4.78 is 1.67. The zero-order valence-electron chi connectivity index (χ0n) is 15.7. The molecule has 140 valence electrons. The number of hydrogen-bond donors (Lipinski definition) is 1. The van der Waals surface area contributed by atoms with Crippen LogP contribution in [0.3, 0.4) is 0 Å². The maximum atomic E-state index is 12.4. The standard InChI is InChI=1S/C18H31N5O2/c1-4-22(5-2)11-7-6-10-19-18(25)15-8-9-17(24)23(13-15)16-12-20-21(3)14-16/h12,14-15H,4-11,13H2,1-3H3,(H,19,25). The fourth-order valence-electron chi connectivity index (χ4n) is 3.21. The number of hydrogen-bond acceptors (Lipinski definition) is 4. The van der Waals surface area contributed by atoms with E-state index in [2.05, 4.69) is 29.2 Å². The van der Waals surface area contributed by atoms with Crippen LogP contribution in [0.5, 0.6) is 0 Å². The lowest BCUT2D eigenvalue weighted by Crippen LogP contribution is -2.46. The molecule has 0 aliphatic carbocycles. The largest absolute Gasteiger partial charge is 0.356 e. The van der Waals surface area contributed by atoms with Gasteiger partial charge in [-0.2, -0.15) is 5.10 Å². The second kappa shape index (κ2) is 9.56. The second-order valence-corrected chi connectivity index (χ2v) is 6.64. The van der Waals surface area contributed by atoms with Crippen LogP contribution in [0.4, 0.5) is 5.69 Å². The number of anilines is 1. The number of piperidine rings is 1. The minimum Gasteiger partial charge on any atom is -0.356 e. The summed E-state index contributed by atoms with van der Waals surface area (Å²) in [7, 11) is 1.82. The van der Waals surface area contributed by atoms with Gasteiger partial charge in [-0.1, -0.05) is 13.8 Å². The smallest absolute Gasteiger partial charge is 0.227 e. The van der Waals surface area contributed by atoms with Crippen LogP contribution in [0, 0.1) is 5.92 Å². The van der Waals surface area contributed by atoms with Crippen LogP contribution in [-0.4, -0.2) is 59.2 Å². The number of aryl methyl sites for hydroxylation is 1. The van der Waals surface area contributed by atoms with Crippen LogP contribution >= 0.6 is 0 Å². The highest BCUT2D eigenvalue weighted by atomic mass is 16.2. The van der Waals surface area contributed by atoms with E-state index in [1.807, 2.05) is 13.2 Å². The van der Waals surface area contributed by atoms with Gasteiger partial charge in [-0.25, -0.2) is 0 Å². The zero-order valence-corrected chi connectivity index (χ0v) is 15.7. The summed E-state index contributed by atoms with van der Waals surface area (Å²) in [5.41, 5.74) is 0.768. The van der Waals surface area contributed by atoms with Crippen LogP contribution in [0.15, 0.2) is 12.4 Å². The Labute approximate surface area is 150 Å². The van der Waals surface area contributed by atoms with Gasteiger partial charge < -0.3 is 15.1 Å². The molecule has 0 aromatic carbocycles. The molecule has 1 unspecified atom stereocenters. The van der Waals surface area contributed by atoms with Gasteiger partial charge >= 0.3 is 0 Å². The minimum atomic E-state index is -0.138. The highest BCUT2D eigenvalue weighted by Gasteiger charge is 2.31. The monoisotopic (exact) mass is 349 g/mol. The van der Waals surface area contributed by atoms with Crippen molar-refractivity contribution in [1.82, 2.24) is 20.0 Å². The molecule has 0 radical (unpaired) electrons. The molecule has 2 amide bonds. The predicted octanol–water partition coefficient (Wildman–Crippen LogP) is 1.40. The molecule has 1 aromatic heterocycles. The number of nitrogens with zero attached hydrogens (tertiary/aromatic N) is 4. The topological polar surface area (TPSA) is 70.5 Å². The van der Waals surface area contributed by atoms with Crippen molar-refractivity contribution in [3.05, 3.63) is 12.4 Å². The predicted molar refractivity (Wildman–Crippen MR) is 98.3 cm³/mol. The van der Waals surface area contributed by atoms with Gasteiger partial charge in [0.25, 0.3) is 0 Å². The van der Waals surface area contributed by atoms with Crippen molar-refractivity contribution in [2.45, 2.75) is 39.5 Å². The molecule has 1 aromatic rings. The molecule has 1 N–H and O–H groups in total. The maximum Gasteiger partial charge on any atom is 0.227 e. The number of amides is 2. The lowest BCUT2D eigenvalue weighted by atomic mass is 9.96. The highest BCUT2D eigenvalue weighted by molar-refractivity contribution is 5.95. The van der Waals surface area contributed by atoms with Crippen molar-refractivity contribution in [3.8, 4) is 0 Å². The Morgan fingerprint density at radius 2 is 2.12 bits per heavy atom. The summed E-state index contributed by atoms with van der Waals surface area (Å²) in [4.78, 5) is 28.6. The first-order valence-electron chi connectivity index (χ1n) is 9.34. The quantitative estimate of drug-likeness (QED) is 0.684. The first kappa shape index (κ1) is 19.4. The van der Waals surface area contributed by atoms with Gasteiger partial charge in [0, 0.05) is 32.8 Å². The Morgan fingerprint density at radius 1 is 1.36 bits per heavy atom. The summed E-state index contributed by atoms with van der Waals surface area (Å²) in [5, 5.41) is 7.15. The van der Waals surface area contributed by atoms with E-state index in [1.165, 1.54) is 0 Å².